The zero-order valence-electron chi connectivity index (χ0n) is 28.9. The number of hydrogen-bond donors (Lipinski definition) is 1. The van der Waals surface area contributed by atoms with E-state index in [0.29, 0.717) is 68.8 Å². The molecular formula is C36H57N3O6. The molecule has 9 nitrogen and oxygen atoms in total. The first-order chi connectivity index (χ1) is 21.3. The van der Waals surface area contributed by atoms with Crippen molar-refractivity contribution in [3.63, 3.8) is 0 Å². The van der Waals surface area contributed by atoms with Crippen molar-refractivity contribution in [3.8, 4) is 5.75 Å². The Morgan fingerprint density at radius 3 is 2.49 bits per heavy atom. The van der Waals surface area contributed by atoms with Crippen LogP contribution in [-0.4, -0.2) is 75.3 Å². The van der Waals surface area contributed by atoms with Gasteiger partial charge in [-0.25, -0.2) is 0 Å². The number of rotatable bonds is 16. The fraction of sp³-hybridized carbons (Fsp3) is 0.750. The maximum absolute atomic E-state index is 14.2. The predicted octanol–water partition coefficient (Wildman–Crippen LogP) is 5.77. The molecule has 252 valence electrons. The van der Waals surface area contributed by atoms with Crippen molar-refractivity contribution in [1.29, 1.82) is 0 Å². The van der Waals surface area contributed by atoms with E-state index in [9.17, 15) is 14.4 Å². The van der Waals surface area contributed by atoms with E-state index in [-0.39, 0.29) is 41.1 Å². The number of fused-ring (bicyclic) bond motifs is 1. The van der Waals surface area contributed by atoms with Crippen molar-refractivity contribution in [2.24, 2.45) is 23.7 Å². The molecule has 1 aliphatic carbocycles. The van der Waals surface area contributed by atoms with Gasteiger partial charge >= 0.3 is 0 Å². The lowest BCUT2D eigenvalue weighted by Crippen LogP contribution is -2.53. The molecule has 1 saturated carbocycles. The number of Topliss-reactive ketones (excluding diaryl/α,β-unsaturated/α-hetero) is 1. The summed E-state index contributed by atoms with van der Waals surface area (Å²) in [7, 11) is 3.42. The second-order valence-corrected chi connectivity index (χ2v) is 14.8. The Balaban J connectivity index is 1.45. The van der Waals surface area contributed by atoms with E-state index in [0.717, 1.165) is 37.8 Å². The summed E-state index contributed by atoms with van der Waals surface area (Å²) in [4.78, 5) is 44.6. The van der Waals surface area contributed by atoms with Crippen molar-refractivity contribution < 1.29 is 28.6 Å². The third-order valence-corrected chi connectivity index (χ3v) is 9.91. The Labute approximate surface area is 270 Å². The van der Waals surface area contributed by atoms with Crippen LogP contribution in [0.25, 0.3) is 0 Å². The van der Waals surface area contributed by atoms with Crippen molar-refractivity contribution in [1.82, 2.24) is 5.32 Å². The molecule has 1 aromatic carbocycles. The van der Waals surface area contributed by atoms with Crippen LogP contribution in [0.4, 0.5) is 11.4 Å². The lowest BCUT2D eigenvalue weighted by Gasteiger charge is -2.39. The van der Waals surface area contributed by atoms with Crippen LogP contribution in [0.2, 0.25) is 0 Å². The number of benzene rings is 1. The number of methoxy groups -OCH3 is 2. The number of piperidine rings is 1. The highest BCUT2D eigenvalue weighted by atomic mass is 16.5. The van der Waals surface area contributed by atoms with Gasteiger partial charge in [0.15, 0.2) is 5.60 Å². The standard InChI is InChI=1S/C36H57N3O6/c1-24(2)19-27(35(3,4)44-8)11-9-12-31(40)25-20-26(23-37-22-25)33(41)39(28-13-14-28)29-15-16-32-30(21-29)38(17-10-18-43-7)34(42)36(5,6)45-32/h15-16,21,24-28,37H,9-14,17-20,22-23H2,1-8H3/t25-,26+,27?/m0/s1. The van der Waals surface area contributed by atoms with Gasteiger partial charge in [0.1, 0.15) is 11.5 Å². The number of carbonyl (C=O) groups is 3. The van der Waals surface area contributed by atoms with Crippen LogP contribution in [0, 0.1) is 23.7 Å². The summed E-state index contributed by atoms with van der Waals surface area (Å²) in [6, 6.07) is 5.88. The van der Waals surface area contributed by atoms with Crippen molar-refractivity contribution >= 4 is 29.0 Å². The highest BCUT2D eigenvalue weighted by molar-refractivity contribution is 6.04. The van der Waals surface area contributed by atoms with E-state index in [1.807, 2.05) is 23.1 Å². The number of amides is 2. The molecule has 0 radical (unpaired) electrons. The number of nitrogens with one attached hydrogen (secondary N) is 1. The zero-order valence-corrected chi connectivity index (χ0v) is 28.9. The van der Waals surface area contributed by atoms with E-state index < -0.39 is 5.60 Å². The molecule has 45 heavy (non-hydrogen) atoms. The quantitative estimate of drug-likeness (QED) is 0.232. The zero-order chi connectivity index (χ0) is 32.9. The molecule has 3 aliphatic rings. The molecular weight excluding hydrogens is 570 g/mol. The Morgan fingerprint density at radius 1 is 1.13 bits per heavy atom. The minimum atomic E-state index is -0.974. The molecule has 1 saturated heterocycles. The van der Waals surface area contributed by atoms with Crippen LogP contribution in [0.3, 0.4) is 0 Å². The third kappa shape index (κ3) is 8.66. The van der Waals surface area contributed by atoms with E-state index in [1.54, 1.807) is 33.0 Å². The number of anilines is 2. The van der Waals surface area contributed by atoms with Gasteiger partial charge in [0.05, 0.1) is 17.2 Å². The summed E-state index contributed by atoms with van der Waals surface area (Å²) < 4.78 is 17.1. The van der Waals surface area contributed by atoms with Gasteiger partial charge in [-0.1, -0.05) is 13.8 Å². The van der Waals surface area contributed by atoms with Crippen LogP contribution < -0.4 is 19.9 Å². The van der Waals surface area contributed by atoms with Crippen LogP contribution >= 0.6 is 0 Å². The highest BCUT2D eigenvalue weighted by Crippen LogP contribution is 2.43. The summed E-state index contributed by atoms with van der Waals surface area (Å²) in [5.74, 6) is 1.34. The minimum absolute atomic E-state index is 0.0515. The lowest BCUT2D eigenvalue weighted by atomic mass is 9.79. The number of ether oxygens (including phenoxy) is 3. The normalized spacial score (nSPS) is 22.2. The molecule has 4 rings (SSSR count). The molecule has 9 heteroatoms. The van der Waals surface area contributed by atoms with E-state index in [2.05, 4.69) is 33.0 Å². The highest BCUT2D eigenvalue weighted by Gasteiger charge is 2.43. The second-order valence-electron chi connectivity index (χ2n) is 14.8. The smallest absolute Gasteiger partial charge is 0.270 e. The average molecular weight is 628 g/mol. The van der Waals surface area contributed by atoms with Gasteiger partial charge in [0, 0.05) is 64.5 Å². The Hall–Kier alpha value is -2.49. The molecule has 0 spiro atoms. The fourth-order valence-electron chi connectivity index (χ4n) is 6.93. The van der Waals surface area contributed by atoms with Crippen LogP contribution in [0.15, 0.2) is 18.2 Å². The van der Waals surface area contributed by atoms with E-state index >= 15 is 0 Å². The first kappa shape index (κ1) is 35.4. The minimum Gasteiger partial charge on any atom is -0.476 e. The van der Waals surface area contributed by atoms with Gasteiger partial charge in [0.25, 0.3) is 5.91 Å². The first-order valence-electron chi connectivity index (χ1n) is 17.0. The van der Waals surface area contributed by atoms with Gasteiger partial charge in [0.2, 0.25) is 5.91 Å². The SMILES string of the molecule is COCCCN1C(=O)C(C)(C)Oc2ccc(N(C(=O)[C@H]3CNC[C@@H](C(=O)CCCC(CC(C)C)C(C)(C)OC)C3)C3CC3)cc21. The average Bonchev–Trinajstić information content (AvgIpc) is 3.84. The van der Waals surface area contributed by atoms with Crippen LogP contribution in [-0.2, 0) is 23.9 Å². The largest absolute Gasteiger partial charge is 0.476 e. The lowest BCUT2D eigenvalue weighted by molar-refractivity contribution is -0.132. The fourth-order valence-corrected chi connectivity index (χ4v) is 6.93. The van der Waals surface area contributed by atoms with Crippen molar-refractivity contribution in [2.75, 3.05) is 50.3 Å². The topological polar surface area (TPSA) is 97.4 Å². The Morgan fingerprint density at radius 2 is 1.84 bits per heavy atom. The molecule has 1 unspecified atom stereocenters. The van der Waals surface area contributed by atoms with Gasteiger partial charge in [-0.2, -0.15) is 0 Å². The van der Waals surface area contributed by atoms with E-state index in [1.165, 1.54) is 0 Å². The van der Waals surface area contributed by atoms with E-state index in [4.69, 9.17) is 14.2 Å². The Kier molecular flexibility index (Phi) is 11.7. The first-order valence-corrected chi connectivity index (χ1v) is 17.0. The number of nitrogens with zero attached hydrogens (tertiary/aromatic N) is 2. The number of carbonyl (C=O) groups excluding carboxylic acids is 3. The van der Waals surface area contributed by atoms with Gasteiger partial charge in [-0.05, 0) is 103 Å². The maximum atomic E-state index is 14.2. The second kappa shape index (κ2) is 14.9. The summed E-state index contributed by atoms with van der Waals surface area (Å²) >= 11 is 0. The number of ketones is 1. The van der Waals surface area contributed by atoms with Gasteiger partial charge in [-0.3, -0.25) is 14.4 Å². The number of hydrogen-bond acceptors (Lipinski definition) is 7. The van der Waals surface area contributed by atoms with Crippen LogP contribution in [0.1, 0.15) is 92.9 Å². The van der Waals surface area contributed by atoms with Gasteiger partial charge in [-0.15, -0.1) is 0 Å². The maximum Gasteiger partial charge on any atom is 0.270 e. The molecule has 2 fully saturated rings. The summed E-state index contributed by atoms with van der Waals surface area (Å²) in [6.07, 6.45) is 6.53. The molecule has 2 amide bonds. The molecule has 3 atom stereocenters. The van der Waals surface area contributed by atoms with Crippen LogP contribution in [0.5, 0.6) is 5.75 Å². The molecule has 0 aromatic heterocycles. The predicted molar refractivity (Wildman–Crippen MR) is 178 cm³/mol. The summed E-state index contributed by atoms with van der Waals surface area (Å²) in [5.41, 5.74) is 0.266. The van der Waals surface area contributed by atoms with Crippen molar-refractivity contribution in [3.05, 3.63) is 18.2 Å². The summed E-state index contributed by atoms with van der Waals surface area (Å²) in [5, 5.41) is 3.40. The molecule has 1 aromatic rings. The monoisotopic (exact) mass is 627 g/mol. The molecule has 2 aliphatic heterocycles. The van der Waals surface area contributed by atoms with Crippen molar-refractivity contribution in [2.45, 2.75) is 110 Å². The van der Waals surface area contributed by atoms with Gasteiger partial charge < -0.3 is 29.3 Å². The molecule has 1 N–H and O–H groups in total. The summed E-state index contributed by atoms with van der Waals surface area (Å²) in [6.45, 7) is 14.6. The Bertz CT molecular complexity index is 1190. The molecule has 2 heterocycles. The molecule has 0 bridgehead atoms. The third-order valence-electron chi connectivity index (χ3n) is 9.91.